The molecule has 0 heterocycles. The van der Waals surface area contributed by atoms with Gasteiger partial charge in [0.15, 0.2) is 5.78 Å². The van der Waals surface area contributed by atoms with Crippen LogP contribution in [0.3, 0.4) is 0 Å². The van der Waals surface area contributed by atoms with Gasteiger partial charge in [0, 0.05) is 16.6 Å². The van der Waals surface area contributed by atoms with E-state index in [2.05, 4.69) is 36.7 Å². The Morgan fingerprint density at radius 2 is 2.06 bits per heavy atom. The number of carbonyl (C=O) groups excluding carboxylic acids is 1. The van der Waals surface area contributed by atoms with Crippen molar-refractivity contribution in [2.75, 3.05) is 13.2 Å². The summed E-state index contributed by atoms with van der Waals surface area (Å²) in [5.74, 6) is 0.0280. The highest BCUT2D eigenvalue weighted by molar-refractivity contribution is 9.10. The standard InChI is InChI=1S/C14H19BrO2/c1-14(2,3)7-8-17-10-13(16)11-5-4-6-12(15)9-11/h4-6,9H,7-8,10H2,1-3H3. The first-order valence-electron chi connectivity index (χ1n) is 5.75. The second-order valence-electron chi connectivity index (χ2n) is 5.30. The largest absolute Gasteiger partial charge is 0.373 e. The number of halogens is 1. The summed E-state index contributed by atoms with van der Waals surface area (Å²) in [6.07, 6.45) is 0.957. The Hall–Kier alpha value is -0.670. The molecular weight excluding hydrogens is 280 g/mol. The first-order chi connectivity index (χ1) is 7.88. The quantitative estimate of drug-likeness (QED) is 0.605. The molecule has 0 aliphatic heterocycles. The maximum absolute atomic E-state index is 11.8. The van der Waals surface area contributed by atoms with Gasteiger partial charge in [-0.3, -0.25) is 4.79 Å². The van der Waals surface area contributed by atoms with E-state index in [1.807, 2.05) is 18.2 Å². The monoisotopic (exact) mass is 298 g/mol. The van der Waals surface area contributed by atoms with Crippen molar-refractivity contribution in [3.8, 4) is 0 Å². The molecule has 0 fully saturated rings. The van der Waals surface area contributed by atoms with Crippen molar-refractivity contribution in [1.82, 2.24) is 0 Å². The van der Waals surface area contributed by atoms with Crippen molar-refractivity contribution in [1.29, 1.82) is 0 Å². The van der Waals surface area contributed by atoms with Crippen LogP contribution in [0.25, 0.3) is 0 Å². The fourth-order valence-corrected chi connectivity index (χ4v) is 1.69. The number of ketones is 1. The first kappa shape index (κ1) is 14.4. The number of carbonyl (C=O) groups is 1. The molecule has 1 rings (SSSR count). The zero-order chi connectivity index (χ0) is 12.9. The van der Waals surface area contributed by atoms with Crippen LogP contribution in [0.5, 0.6) is 0 Å². The molecule has 94 valence electrons. The van der Waals surface area contributed by atoms with Gasteiger partial charge < -0.3 is 4.74 Å². The number of Topliss-reactive ketones (excluding diaryl/α,β-unsaturated/α-hetero) is 1. The van der Waals surface area contributed by atoms with Crippen LogP contribution in [0.15, 0.2) is 28.7 Å². The topological polar surface area (TPSA) is 26.3 Å². The molecule has 0 radical (unpaired) electrons. The summed E-state index contributed by atoms with van der Waals surface area (Å²) in [6.45, 7) is 7.27. The van der Waals surface area contributed by atoms with E-state index in [9.17, 15) is 4.79 Å². The van der Waals surface area contributed by atoms with Crippen LogP contribution >= 0.6 is 15.9 Å². The number of ether oxygens (including phenoxy) is 1. The van der Waals surface area contributed by atoms with Crippen molar-refractivity contribution >= 4 is 21.7 Å². The van der Waals surface area contributed by atoms with Crippen molar-refractivity contribution in [3.63, 3.8) is 0 Å². The van der Waals surface area contributed by atoms with Crippen molar-refractivity contribution in [2.45, 2.75) is 27.2 Å². The molecule has 0 aliphatic rings. The highest BCUT2D eigenvalue weighted by Crippen LogP contribution is 2.18. The predicted molar refractivity (Wildman–Crippen MR) is 73.4 cm³/mol. The normalized spacial score (nSPS) is 11.5. The zero-order valence-electron chi connectivity index (χ0n) is 10.6. The van der Waals surface area contributed by atoms with Gasteiger partial charge in [-0.1, -0.05) is 48.8 Å². The van der Waals surface area contributed by atoms with E-state index < -0.39 is 0 Å². The molecule has 1 aromatic carbocycles. The summed E-state index contributed by atoms with van der Waals surface area (Å²) >= 11 is 3.35. The van der Waals surface area contributed by atoms with E-state index in [-0.39, 0.29) is 17.8 Å². The van der Waals surface area contributed by atoms with Gasteiger partial charge in [0.05, 0.1) is 0 Å². The van der Waals surface area contributed by atoms with Crippen molar-refractivity contribution in [3.05, 3.63) is 34.3 Å². The van der Waals surface area contributed by atoms with Crippen LogP contribution in [0.4, 0.5) is 0 Å². The molecule has 0 N–H and O–H groups in total. The second-order valence-corrected chi connectivity index (χ2v) is 6.21. The average Bonchev–Trinajstić information content (AvgIpc) is 2.23. The molecule has 0 aliphatic carbocycles. The molecule has 0 saturated carbocycles. The van der Waals surface area contributed by atoms with E-state index in [1.165, 1.54) is 0 Å². The van der Waals surface area contributed by atoms with E-state index >= 15 is 0 Å². The number of rotatable bonds is 5. The third-order valence-corrected chi connectivity index (χ3v) is 2.87. The molecule has 0 spiro atoms. The molecule has 1 aromatic rings. The Morgan fingerprint density at radius 3 is 2.65 bits per heavy atom. The Bertz CT molecular complexity index is 380. The summed E-state index contributed by atoms with van der Waals surface area (Å²) in [4.78, 5) is 11.8. The van der Waals surface area contributed by atoms with Crippen LogP contribution in [0, 0.1) is 5.41 Å². The second kappa shape index (κ2) is 6.31. The molecule has 2 nitrogen and oxygen atoms in total. The summed E-state index contributed by atoms with van der Waals surface area (Å²) in [5, 5.41) is 0. The molecule has 3 heteroatoms. The van der Waals surface area contributed by atoms with Crippen molar-refractivity contribution < 1.29 is 9.53 Å². The van der Waals surface area contributed by atoms with Crippen LogP contribution in [-0.2, 0) is 4.74 Å². The smallest absolute Gasteiger partial charge is 0.188 e. The Kier molecular flexibility index (Phi) is 5.34. The molecule has 17 heavy (non-hydrogen) atoms. The Labute approximate surface area is 111 Å². The minimum Gasteiger partial charge on any atom is -0.373 e. The summed E-state index contributed by atoms with van der Waals surface area (Å²) in [7, 11) is 0. The Morgan fingerprint density at radius 1 is 1.35 bits per heavy atom. The fraction of sp³-hybridized carbons (Fsp3) is 0.500. The van der Waals surface area contributed by atoms with Gasteiger partial charge in [-0.2, -0.15) is 0 Å². The van der Waals surface area contributed by atoms with Gasteiger partial charge in [-0.05, 0) is 24.0 Å². The molecule has 0 unspecified atom stereocenters. The van der Waals surface area contributed by atoms with Crippen molar-refractivity contribution in [2.24, 2.45) is 5.41 Å². The minimum atomic E-state index is 0.0280. The maximum Gasteiger partial charge on any atom is 0.188 e. The average molecular weight is 299 g/mol. The van der Waals surface area contributed by atoms with Gasteiger partial charge in [0.25, 0.3) is 0 Å². The maximum atomic E-state index is 11.8. The summed E-state index contributed by atoms with van der Waals surface area (Å²) in [6, 6.07) is 7.37. The van der Waals surface area contributed by atoms with E-state index in [1.54, 1.807) is 6.07 Å². The fourth-order valence-electron chi connectivity index (χ4n) is 1.29. The highest BCUT2D eigenvalue weighted by Gasteiger charge is 2.11. The summed E-state index contributed by atoms with van der Waals surface area (Å²) < 4.78 is 6.32. The highest BCUT2D eigenvalue weighted by atomic mass is 79.9. The van der Waals surface area contributed by atoms with Crippen LogP contribution in [0.1, 0.15) is 37.6 Å². The SMILES string of the molecule is CC(C)(C)CCOCC(=O)c1cccc(Br)c1. The number of hydrogen-bond acceptors (Lipinski definition) is 2. The van der Waals surface area contributed by atoms with Gasteiger partial charge in [0.2, 0.25) is 0 Å². The van der Waals surface area contributed by atoms with Gasteiger partial charge in [0.1, 0.15) is 6.61 Å². The lowest BCUT2D eigenvalue weighted by Crippen LogP contribution is -2.14. The first-order valence-corrected chi connectivity index (χ1v) is 6.54. The third-order valence-electron chi connectivity index (χ3n) is 2.38. The van der Waals surface area contributed by atoms with Gasteiger partial charge in [-0.15, -0.1) is 0 Å². The predicted octanol–water partition coefficient (Wildman–Crippen LogP) is 4.08. The van der Waals surface area contributed by atoms with Gasteiger partial charge >= 0.3 is 0 Å². The zero-order valence-corrected chi connectivity index (χ0v) is 12.2. The number of benzene rings is 1. The lowest BCUT2D eigenvalue weighted by atomic mass is 9.93. The molecule has 0 bridgehead atoms. The third kappa shape index (κ3) is 5.99. The van der Waals surface area contributed by atoms with Crippen LogP contribution < -0.4 is 0 Å². The lowest BCUT2D eigenvalue weighted by molar-refractivity contribution is 0.0705. The van der Waals surface area contributed by atoms with Gasteiger partial charge in [-0.25, -0.2) is 0 Å². The molecule has 0 amide bonds. The Balaban J connectivity index is 2.36. The van der Waals surface area contributed by atoms with Crippen LogP contribution in [0.2, 0.25) is 0 Å². The molecule has 0 aromatic heterocycles. The van der Waals surface area contributed by atoms with E-state index in [0.717, 1.165) is 10.9 Å². The molecule has 0 saturated heterocycles. The molecule has 0 atom stereocenters. The lowest BCUT2D eigenvalue weighted by Gasteiger charge is -2.17. The number of hydrogen-bond donors (Lipinski definition) is 0. The van der Waals surface area contributed by atoms with Crippen LogP contribution in [-0.4, -0.2) is 19.0 Å². The molecular formula is C14H19BrO2. The minimum absolute atomic E-state index is 0.0280. The van der Waals surface area contributed by atoms with E-state index in [4.69, 9.17) is 4.74 Å². The van der Waals surface area contributed by atoms with E-state index in [0.29, 0.717) is 12.2 Å². The summed E-state index contributed by atoms with van der Waals surface area (Å²) in [5.41, 5.74) is 0.939.